The van der Waals surface area contributed by atoms with E-state index in [1.165, 1.54) is 38.8 Å². The average molecular weight is 297 g/mol. The van der Waals surface area contributed by atoms with Gasteiger partial charge in [0, 0.05) is 25.2 Å². The highest BCUT2D eigenvalue weighted by atomic mass is 15.2. The van der Waals surface area contributed by atoms with Crippen molar-refractivity contribution in [2.24, 2.45) is 28.9 Å². The van der Waals surface area contributed by atoms with Crippen LogP contribution >= 0.6 is 0 Å². The van der Waals surface area contributed by atoms with E-state index in [9.17, 15) is 0 Å². The lowest BCUT2D eigenvalue weighted by atomic mass is 9.61. The molecule has 1 fully saturated rings. The van der Waals surface area contributed by atoms with Crippen LogP contribution in [0.5, 0.6) is 0 Å². The zero-order valence-electron chi connectivity index (χ0n) is 15.7. The van der Waals surface area contributed by atoms with Crippen LogP contribution in [0.15, 0.2) is 0 Å². The van der Waals surface area contributed by atoms with Gasteiger partial charge < -0.3 is 5.73 Å². The molecule has 0 bridgehead atoms. The van der Waals surface area contributed by atoms with Crippen LogP contribution in [0, 0.1) is 23.2 Å². The van der Waals surface area contributed by atoms with Gasteiger partial charge in [-0.05, 0) is 48.9 Å². The van der Waals surface area contributed by atoms with E-state index in [0.717, 1.165) is 17.9 Å². The third-order valence-corrected chi connectivity index (χ3v) is 6.23. The van der Waals surface area contributed by atoms with E-state index in [-0.39, 0.29) is 0 Å². The Balaban J connectivity index is 2.82. The zero-order chi connectivity index (χ0) is 16.2. The number of nitrogens with zero attached hydrogens (tertiary/aromatic N) is 1. The Morgan fingerprint density at radius 1 is 1.14 bits per heavy atom. The van der Waals surface area contributed by atoms with Gasteiger partial charge in [0.25, 0.3) is 0 Å². The third kappa shape index (κ3) is 4.69. The second kappa shape index (κ2) is 7.97. The number of rotatable bonds is 7. The van der Waals surface area contributed by atoms with E-state index in [1.54, 1.807) is 0 Å². The maximum Gasteiger partial charge on any atom is 0.00902 e. The van der Waals surface area contributed by atoms with Crippen molar-refractivity contribution < 1.29 is 0 Å². The van der Waals surface area contributed by atoms with Gasteiger partial charge in [-0.25, -0.2) is 0 Å². The molecule has 0 amide bonds. The standard InChI is InChI=1S/C19H40N2/c1-8-17(9-2)21(12-14(3)4)13-16-10-11-18(20)15(5)19(16,6)7/h14-18H,8-13,20H2,1-7H3. The van der Waals surface area contributed by atoms with Gasteiger partial charge in [-0.3, -0.25) is 4.90 Å². The summed E-state index contributed by atoms with van der Waals surface area (Å²) in [7, 11) is 0. The van der Waals surface area contributed by atoms with E-state index >= 15 is 0 Å². The average Bonchev–Trinajstić information content (AvgIpc) is 2.40. The first kappa shape index (κ1) is 19.0. The lowest BCUT2D eigenvalue weighted by Crippen LogP contribution is -2.51. The van der Waals surface area contributed by atoms with Crippen LogP contribution in [0.1, 0.15) is 74.1 Å². The SMILES string of the molecule is CCC(CC)N(CC(C)C)CC1CCC(N)C(C)C1(C)C. The molecule has 2 nitrogen and oxygen atoms in total. The maximum absolute atomic E-state index is 6.33. The smallest absolute Gasteiger partial charge is 0.00902 e. The molecule has 0 aromatic carbocycles. The van der Waals surface area contributed by atoms with Crippen LogP contribution in [0.25, 0.3) is 0 Å². The molecule has 1 aliphatic rings. The fraction of sp³-hybridized carbons (Fsp3) is 1.00. The summed E-state index contributed by atoms with van der Waals surface area (Å²) in [5.74, 6) is 2.16. The Morgan fingerprint density at radius 3 is 2.19 bits per heavy atom. The van der Waals surface area contributed by atoms with Gasteiger partial charge in [0.2, 0.25) is 0 Å². The molecule has 0 heterocycles. The minimum Gasteiger partial charge on any atom is -0.327 e. The third-order valence-electron chi connectivity index (χ3n) is 6.23. The Morgan fingerprint density at radius 2 is 1.71 bits per heavy atom. The van der Waals surface area contributed by atoms with Crippen molar-refractivity contribution in [1.82, 2.24) is 4.90 Å². The van der Waals surface area contributed by atoms with Crippen molar-refractivity contribution in [3.63, 3.8) is 0 Å². The summed E-state index contributed by atoms with van der Waals surface area (Å²) in [6.45, 7) is 19.1. The molecule has 3 unspecified atom stereocenters. The van der Waals surface area contributed by atoms with E-state index in [1.807, 2.05) is 0 Å². The highest BCUT2D eigenvalue weighted by Gasteiger charge is 2.42. The van der Waals surface area contributed by atoms with Gasteiger partial charge in [-0.15, -0.1) is 0 Å². The largest absolute Gasteiger partial charge is 0.327 e. The molecule has 3 atom stereocenters. The van der Waals surface area contributed by atoms with Crippen molar-refractivity contribution in [2.45, 2.75) is 86.2 Å². The molecule has 21 heavy (non-hydrogen) atoms. The van der Waals surface area contributed by atoms with Crippen molar-refractivity contribution in [2.75, 3.05) is 13.1 Å². The Bertz CT molecular complexity index is 294. The second-order valence-electron chi connectivity index (χ2n) is 8.37. The topological polar surface area (TPSA) is 29.3 Å². The van der Waals surface area contributed by atoms with Crippen molar-refractivity contribution in [1.29, 1.82) is 0 Å². The molecule has 0 spiro atoms. The van der Waals surface area contributed by atoms with E-state index in [2.05, 4.69) is 53.4 Å². The first-order valence-corrected chi connectivity index (χ1v) is 9.23. The molecule has 126 valence electrons. The van der Waals surface area contributed by atoms with Crippen molar-refractivity contribution in [3.8, 4) is 0 Å². The maximum atomic E-state index is 6.33. The van der Waals surface area contributed by atoms with Gasteiger partial charge in [0.15, 0.2) is 0 Å². The summed E-state index contributed by atoms with van der Waals surface area (Å²) in [4.78, 5) is 2.78. The number of hydrogen-bond acceptors (Lipinski definition) is 2. The summed E-state index contributed by atoms with van der Waals surface area (Å²) in [5, 5.41) is 0. The highest BCUT2D eigenvalue weighted by Crippen LogP contribution is 2.44. The second-order valence-corrected chi connectivity index (χ2v) is 8.37. The molecule has 0 aromatic heterocycles. The predicted octanol–water partition coefficient (Wildman–Crippen LogP) is 4.53. The van der Waals surface area contributed by atoms with Gasteiger partial charge >= 0.3 is 0 Å². The number of nitrogens with two attached hydrogens (primary N) is 1. The van der Waals surface area contributed by atoms with Crippen LogP contribution < -0.4 is 5.73 Å². The van der Waals surface area contributed by atoms with Crippen LogP contribution in [0.3, 0.4) is 0 Å². The quantitative estimate of drug-likeness (QED) is 0.747. The monoisotopic (exact) mass is 296 g/mol. The fourth-order valence-electron chi connectivity index (χ4n) is 4.20. The highest BCUT2D eigenvalue weighted by molar-refractivity contribution is 4.95. The first-order valence-electron chi connectivity index (χ1n) is 9.23. The normalized spacial score (nSPS) is 29.6. The van der Waals surface area contributed by atoms with Crippen molar-refractivity contribution in [3.05, 3.63) is 0 Å². The molecule has 0 aromatic rings. The molecule has 0 aliphatic heterocycles. The van der Waals surface area contributed by atoms with E-state index in [0.29, 0.717) is 17.4 Å². The minimum atomic E-state index is 0.360. The molecular weight excluding hydrogens is 256 g/mol. The van der Waals surface area contributed by atoms with Crippen LogP contribution in [0.2, 0.25) is 0 Å². The fourth-order valence-corrected chi connectivity index (χ4v) is 4.20. The first-order chi connectivity index (χ1) is 9.73. The molecule has 0 radical (unpaired) electrons. The molecule has 1 rings (SSSR count). The predicted molar refractivity (Wildman–Crippen MR) is 94.4 cm³/mol. The molecule has 1 aliphatic carbocycles. The molecular formula is C19H40N2. The minimum absolute atomic E-state index is 0.360. The molecule has 2 N–H and O–H groups in total. The summed E-state index contributed by atoms with van der Waals surface area (Å²) in [5.41, 5.74) is 6.69. The van der Waals surface area contributed by atoms with Gasteiger partial charge in [0.05, 0.1) is 0 Å². The van der Waals surface area contributed by atoms with E-state index < -0.39 is 0 Å². The van der Waals surface area contributed by atoms with Crippen molar-refractivity contribution >= 4 is 0 Å². The Kier molecular flexibility index (Phi) is 7.19. The Hall–Kier alpha value is -0.0800. The van der Waals surface area contributed by atoms with Crippen LogP contribution in [-0.2, 0) is 0 Å². The van der Waals surface area contributed by atoms with Crippen LogP contribution in [0.4, 0.5) is 0 Å². The lowest BCUT2D eigenvalue weighted by Gasteiger charge is -2.49. The zero-order valence-corrected chi connectivity index (χ0v) is 15.7. The van der Waals surface area contributed by atoms with Gasteiger partial charge in [0.1, 0.15) is 0 Å². The molecule has 1 saturated carbocycles. The summed E-state index contributed by atoms with van der Waals surface area (Å²) in [6.07, 6.45) is 5.04. The van der Waals surface area contributed by atoms with Gasteiger partial charge in [-0.1, -0.05) is 48.5 Å². The summed E-state index contributed by atoms with van der Waals surface area (Å²) in [6, 6.07) is 1.14. The molecule has 2 heteroatoms. The number of hydrogen-bond donors (Lipinski definition) is 1. The van der Waals surface area contributed by atoms with Crippen LogP contribution in [-0.4, -0.2) is 30.1 Å². The van der Waals surface area contributed by atoms with E-state index in [4.69, 9.17) is 5.73 Å². The Labute approximate surface area is 133 Å². The lowest BCUT2D eigenvalue weighted by molar-refractivity contribution is 0.0139. The molecule has 0 saturated heterocycles. The summed E-state index contributed by atoms with van der Waals surface area (Å²) >= 11 is 0. The van der Waals surface area contributed by atoms with Gasteiger partial charge in [-0.2, -0.15) is 0 Å². The summed E-state index contributed by atoms with van der Waals surface area (Å²) < 4.78 is 0.